The standard InChI is InChI=1S/C12H27NO5Si/c1-6-16-19(15,17-7-2)10-8-9-13-11(14)18-12(3,4)5/h15H,6-10H2,1-5H3,(H,13,14). The molecule has 6 nitrogen and oxygen atoms in total. The van der Waals surface area contributed by atoms with E-state index >= 15 is 0 Å². The topological polar surface area (TPSA) is 77.0 Å². The van der Waals surface area contributed by atoms with Gasteiger partial charge in [-0.15, -0.1) is 0 Å². The van der Waals surface area contributed by atoms with Crippen LogP contribution in [0.1, 0.15) is 41.0 Å². The maximum atomic E-state index is 11.4. The number of carbonyl (C=O) groups is 1. The van der Waals surface area contributed by atoms with Crippen molar-refractivity contribution in [3.05, 3.63) is 0 Å². The van der Waals surface area contributed by atoms with E-state index in [2.05, 4.69) is 5.32 Å². The molecule has 19 heavy (non-hydrogen) atoms. The summed E-state index contributed by atoms with van der Waals surface area (Å²) in [6, 6.07) is 0.421. The Bertz CT molecular complexity index is 261. The second-order valence-electron chi connectivity index (χ2n) is 5.11. The predicted octanol–water partition coefficient (Wildman–Crippen LogP) is 1.91. The second kappa shape index (κ2) is 8.52. The van der Waals surface area contributed by atoms with Crippen LogP contribution in [0.2, 0.25) is 6.04 Å². The average molecular weight is 293 g/mol. The van der Waals surface area contributed by atoms with Gasteiger partial charge in [-0.3, -0.25) is 0 Å². The van der Waals surface area contributed by atoms with E-state index in [0.717, 1.165) is 0 Å². The molecule has 0 saturated heterocycles. The quantitative estimate of drug-likeness (QED) is 0.528. The minimum Gasteiger partial charge on any atom is -0.444 e. The van der Waals surface area contributed by atoms with Gasteiger partial charge in [0.1, 0.15) is 5.60 Å². The van der Waals surface area contributed by atoms with Gasteiger partial charge in [0.15, 0.2) is 0 Å². The maximum Gasteiger partial charge on any atom is 0.498 e. The number of ether oxygens (including phenoxy) is 1. The van der Waals surface area contributed by atoms with Crippen molar-refractivity contribution < 1.29 is 23.2 Å². The highest BCUT2D eigenvalue weighted by Gasteiger charge is 2.35. The van der Waals surface area contributed by atoms with Gasteiger partial charge in [-0.1, -0.05) is 0 Å². The fourth-order valence-corrected chi connectivity index (χ4v) is 3.35. The summed E-state index contributed by atoms with van der Waals surface area (Å²) in [6.07, 6.45) is 0.132. The van der Waals surface area contributed by atoms with Crippen LogP contribution in [-0.4, -0.2) is 45.1 Å². The fourth-order valence-electron chi connectivity index (χ4n) is 1.45. The molecule has 0 heterocycles. The summed E-state index contributed by atoms with van der Waals surface area (Å²) in [7, 11) is -3.06. The van der Waals surface area contributed by atoms with Gasteiger partial charge in [0.25, 0.3) is 0 Å². The number of hydrogen-bond acceptors (Lipinski definition) is 5. The highest BCUT2D eigenvalue weighted by Crippen LogP contribution is 2.12. The molecule has 2 N–H and O–H groups in total. The van der Waals surface area contributed by atoms with Crippen LogP contribution >= 0.6 is 0 Å². The minimum absolute atomic E-state index is 0.419. The van der Waals surface area contributed by atoms with Gasteiger partial charge in [0.05, 0.1) is 0 Å². The molecule has 0 bridgehead atoms. The number of rotatable bonds is 8. The van der Waals surface area contributed by atoms with Crippen LogP contribution < -0.4 is 5.32 Å². The normalized spacial score (nSPS) is 12.3. The Hall–Kier alpha value is -0.633. The molecule has 0 radical (unpaired) electrons. The summed E-state index contributed by atoms with van der Waals surface area (Å²) in [5.41, 5.74) is -0.504. The number of alkyl carbamates (subject to hydrolysis) is 1. The molecule has 0 atom stereocenters. The Balaban J connectivity index is 3.91. The van der Waals surface area contributed by atoms with Gasteiger partial charge >= 0.3 is 14.9 Å². The van der Waals surface area contributed by atoms with Crippen LogP contribution in [0.25, 0.3) is 0 Å². The van der Waals surface area contributed by atoms with Gasteiger partial charge in [-0.05, 0) is 41.0 Å². The molecule has 0 aliphatic heterocycles. The smallest absolute Gasteiger partial charge is 0.444 e. The van der Waals surface area contributed by atoms with E-state index in [1.165, 1.54) is 0 Å². The lowest BCUT2D eigenvalue weighted by Gasteiger charge is -2.23. The molecule has 0 aliphatic rings. The summed E-state index contributed by atoms with van der Waals surface area (Å²) in [5.74, 6) is 0. The van der Waals surface area contributed by atoms with Gasteiger partial charge in [-0.2, -0.15) is 0 Å². The molecular formula is C12H27NO5Si. The average Bonchev–Trinajstić information content (AvgIpc) is 2.23. The third-order valence-electron chi connectivity index (χ3n) is 2.08. The SMILES string of the molecule is CCO[Si](O)(CCCNC(=O)OC(C)(C)C)OCC. The first kappa shape index (κ1) is 18.4. The van der Waals surface area contributed by atoms with E-state index in [4.69, 9.17) is 13.6 Å². The van der Waals surface area contributed by atoms with E-state index in [1.807, 2.05) is 34.6 Å². The predicted molar refractivity (Wildman–Crippen MR) is 74.9 cm³/mol. The van der Waals surface area contributed by atoms with Crippen molar-refractivity contribution in [1.29, 1.82) is 0 Å². The Morgan fingerprint density at radius 1 is 1.21 bits per heavy atom. The van der Waals surface area contributed by atoms with Gasteiger partial charge in [-0.25, -0.2) is 4.79 Å². The van der Waals surface area contributed by atoms with E-state index < -0.39 is 20.5 Å². The molecule has 0 aromatic heterocycles. The first-order valence-corrected chi connectivity index (χ1v) is 8.66. The van der Waals surface area contributed by atoms with Crippen molar-refractivity contribution in [2.45, 2.75) is 52.7 Å². The molecule has 7 heteroatoms. The van der Waals surface area contributed by atoms with Crippen molar-refractivity contribution in [1.82, 2.24) is 5.32 Å². The number of nitrogens with one attached hydrogen (secondary N) is 1. The Morgan fingerprint density at radius 2 is 1.74 bits per heavy atom. The van der Waals surface area contributed by atoms with E-state index in [9.17, 15) is 9.59 Å². The summed E-state index contributed by atoms with van der Waals surface area (Å²) in [5, 5.41) is 2.63. The van der Waals surface area contributed by atoms with Crippen molar-refractivity contribution >= 4 is 14.9 Å². The van der Waals surface area contributed by atoms with Crippen molar-refractivity contribution in [3.8, 4) is 0 Å². The van der Waals surface area contributed by atoms with Gasteiger partial charge in [0.2, 0.25) is 0 Å². The van der Waals surface area contributed by atoms with Crippen LogP contribution in [0.5, 0.6) is 0 Å². The molecule has 0 aliphatic carbocycles. The number of carbonyl (C=O) groups excluding carboxylic acids is 1. The van der Waals surface area contributed by atoms with Crippen LogP contribution in [0.15, 0.2) is 0 Å². The van der Waals surface area contributed by atoms with Crippen LogP contribution in [0.4, 0.5) is 4.79 Å². The van der Waals surface area contributed by atoms with Crippen molar-refractivity contribution in [2.24, 2.45) is 0 Å². The zero-order chi connectivity index (χ0) is 14.9. The fraction of sp³-hybridized carbons (Fsp3) is 0.917. The molecule has 114 valence electrons. The van der Waals surface area contributed by atoms with Gasteiger partial charge in [0, 0.05) is 25.8 Å². The Kier molecular flexibility index (Phi) is 8.24. The van der Waals surface area contributed by atoms with Gasteiger partial charge < -0.3 is 23.7 Å². The first-order chi connectivity index (χ1) is 8.72. The third-order valence-corrected chi connectivity index (χ3v) is 4.54. The molecule has 0 saturated carbocycles. The Morgan fingerprint density at radius 3 is 2.16 bits per heavy atom. The maximum absolute atomic E-state index is 11.4. The lowest BCUT2D eigenvalue weighted by atomic mass is 10.2. The molecule has 0 fully saturated rings. The summed E-state index contributed by atoms with van der Waals surface area (Å²) in [6.45, 7) is 10.3. The van der Waals surface area contributed by atoms with E-state index in [0.29, 0.717) is 32.2 Å². The summed E-state index contributed by atoms with van der Waals surface area (Å²) in [4.78, 5) is 21.5. The monoisotopic (exact) mass is 293 g/mol. The first-order valence-electron chi connectivity index (χ1n) is 6.69. The molecule has 1 amide bonds. The molecular weight excluding hydrogens is 266 g/mol. The van der Waals surface area contributed by atoms with Crippen molar-refractivity contribution in [3.63, 3.8) is 0 Å². The number of amides is 1. The Labute approximate surface area is 116 Å². The minimum atomic E-state index is -3.06. The molecule has 0 spiro atoms. The molecule has 0 unspecified atom stereocenters. The van der Waals surface area contributed by atoms with E-state index in [1.54, 1.807) is 0 Å². The zero-order valence-electron chi connectivity index (χ0n) is 12.6. The second-order valence-corrected chi connectivity index (χ2v) is 7.61. The highest BCUT2D eigenvalue weighted by atomic mass is 28.4. The molecule has 0 aromatic rings. The van der Waals surface area contributed by atoms with Crippen LogP contribution in [0, 0.1) is 0 Å². The lowest BCUT2D eigenvalue weighted by molar-refractivity contribution is 0.0524. The highest BCUT2D eigenvalue weighted by molar-refractivity contribution is 6.59. The third kappa shape index (κ3) is 9.89. The lowest BCUT2D eigenvalue weighted by Crippen LogP contribution is -2.43. The molecule has 0 aromatic carbocycles. The molecule has 0 rings (SSSR count). The van der Waals surface area contributed by atoms with Crippen molar-refractivity contribution in [2.75, 3.05) is 19.8 Å². The van der Waals surface area contributed by atoms with Crippen LogP contribution in [0.3, 0.4) is 0 Å². The van der Waals surface area contributed by atoms with Crippen LogP contribution in [-0.2, 0) is 13.6 Å². The zero-order valence-corrected chi connectivity index (χ0v) is 13.6. The summed E-state index contributed by atoms with van der Waals surface area (Å²) < 4.78 is 15.7. The number of hydrogen-bond donors (Lipinski definition) is 2. The van der Waals surface area contributed by atoms with E-state index in [-0.39, 0.29) is 0 Å². The summed E-state index contributed by atoms with van der Waals surface area (Å²) >= 11 is 0. The largest absolute Gasteiger partial charge is 0.498 e.